The summed E-state index contributed by atoms with van der Waals surface area (Å²) < 4.78 is 1.93. The van der Waals surface area contributed by atoms with Crippen LogP contribution in [0, 0.1) is 0 Å². The van der Waals surface area contributed by atoms with E-state index in [1.807, 2.05) is 10.8 Å². The van der Waals surface area contributed by atoms with E-state index in [0.29, 0.717) is 12.4 Å². The first-order chi connectivity index (χ1) is 6.90. The van der Waals surface area contributed by atoms with Gasteiger partial charge < -0.3 is 4.57 Å². The van der Waals surface area contributed by atoms with E-state index in [2.05, 4.69) is 15.0 Å². The fourth-order valence-corrected chi connectivity index (χ4v) is 1.40. The zero-order valence-corrected chi connectivity index (χ0v) is 8.22. The van der Waals surface area contributed by atoms with Gasteiger partial charge in [0.05, 0.1) is 12.4 Å². The van der Waals surface area contributed by atoms with Crippen LogP contribution in [0.15, 0.2) is 30.9 Å². The van der Waals surface area contributed by atoms with Gasteiger partial charge in [-0.25, -0.2) is 15.0 Å². The Morgan fingerprint density at radius 1 is 1.14 bits per heavy atom. The molecule has 0 aromatic carbocycles. The number of rotatable bonds is 3. The molecule has 4 nitrogen and oxygen atoms in total. The molecule has 0 N–H and O–H groups in total. The highest BCUT2D eigenvalue weighted by molar-refractivity contribution is 6.16. The van der Waals surface area contributed by atoms with Gasteiger partial charge in [-0.2, -0.15) is 0 Å². The van der Waals surface area contributed by atoms with E-state index in [0.717, 1.165) is 11.6 Å². The quantitative estimate of drug-likeness (QED) is 0.718. The molecule has 0 bridgehead atoms. The molecule has 72 valence electrons. The van der Waals surface area contributed by atoms with Gasteiger partial charge in [-0.15, -0.1) is 11.6 Å². The molecule has 0 aliphatic carbocycles. The van der Waals surface area contributed by atoms with Gasteiger partial charge in [-0.1, -0.05) is 0 Å². The first-order valence-corrected chi connectivity index (χ1v) is 4.75. The Labute approximate surface area is 86.6 Å². The van der Waals surface area contributed by atoms with Crippen LogP contribution in [-0.4, -0.2) is 19.5 Å². The second-order valence-electron chi connectivity index (χ2n) is 2.77. The summed E-state index contributed by atoms with van der Waals surface area (Å²) in [4.78, 5) is 12.4. The fourth-order valence-electron chi connectivity index (χ4n) is 1.18. The van der Waals surface area contributed by atoms with Crippen molar-refractivity contribution in [3.8, 4) is 0 Å². The molecule has 5 heteroatoms. The number of imidazole rings is 1. The first kappa shape index (κ1) is 9.15. The molecule has 0 atom stereocenters. The Bertz CT molecular complexity index is 398. The third-order valence-electron chi connectivity index (χ3n) is 1.85. The molecule has 0 saturated carbocycles. The van der Waals surface area contributed by atoms with Crippen LogP contribution >= 0.6 is 11.6 Å². The molecule has 2 rings (SSSR count). The molecule has 0 aliphatic rings. The highest BCUT2D eigenvalue weighted by Crippen LogP contribution is 2.03. The Kier molecular flexibility index (Phi) is 2.74. The van der Waals surface area contributed by atoms with Crippen molar-refractivity contribution in [2.45, 2.75) is 12.4 Å². The maximum Gasteiger partial charge on any atom is 0.147 e. The number of hydrogen-bond acceptors (Lipinski definition) is 3. The Morgan fingerprint density at radius 3 is 2.64 bits per heavy atom. The molecule has 2 aromatic heterocycles. The third-order valence-corrected chi connectivity index (χ3v) is 2.09. The molecular formula is C9H9ClN4. The molecular weight excluding hydrogens is 200 g/mol. The topological polar surface area (TPSA) is 43.6 Å². The Balaban J connectivity index is 2.19. The van der Waals surface area contributed by atoms with E-state index in [4.69, 9.17) is 11.6 Å². The minimum absolute atomic E-state index is 0.403. The van der Waals surface area contributed by atoms with Crippen molar-refractivity contribution in [1.82, 2.24) is 19.5 Å². The number of nitrogens with zero attached hydrogens (tertiary/aromatic N) is 4. The SMILES string of the molecule is ClCc1nccn1Cc1ncccn1. The molecule has 0 aliphatic heterocycles. The lowest BCUT2D eigenvalue weighted by Gasteiger charge is -2.03. The Morgan fingerprint density at radius 2 is 1.93 bits per heavy atom. The van der Waals surface area contributed by atoms with E-state index < -0.39 is 0 Å². The van der Waals surface area contributed by atoms with Gasteiger partial charge in [0.1, 0.15) is 11.6 Å². The summed E-state index contributed by atoms with van der Waals surface area (Å²) in [5.74, 6) is 2.00. The standard InChI is InChI=1S/C9H9ClN4/c10-6-9-13-4-5-14(9)7-8-11-2-1-3-12-8/h1-5H,6-7H2. The molecule has 0 spiro atoms. The van der Waals surface area contributed by atoms with Crippen LogP contribution < -0.4 is 0 Å². The van der Waals surface area contributed by atoms with E-state index in [1.54, 1.807) is 24.7 Å². The number of aromatic nitrogens is 4. The van der Waals surface area contributed by atoms with Gasteiger partial charge in [0.2, 0.25) is 0 Å². The summed E-state index contributed by atoms with van der Waals surface area (Å²) in [6, 6.07) is 1.79. The third kappa shape index (κ3) is 1.90. The summed E-state index contributed by atoms with van der Waals surface area (Å²) in [5.41, 5.74) is 0. The normalized spacial score (nSPS) is 10.4. The second kappa shape index (κ2) is 4.19. The van der Waals surface area contributed by atoms with E-state index in [9.17, 15) is 0 Å². The summed E-state index contributed by atoms with van der Waals surface area (Å²) in [5, 5.41) is 0. The van der Waals surface area contributed by atoms with Gasteiger partial charge in [-0.05, 0) is 6.07 Å². The molecule has 2 heterocycles. The molecule has 0 amide bonds. The van der Waals surface area contributed by atoms with Crippen molar-refractivity contribution in [2.75, 3.05) is 0 Å². The summed E-state index contributed by atoms with van der Waals surface area (Å²) in [6.45, 7) is 0.614. The van der Waals surface area contributed by atoms with Crippen molar-refractivity contribution in [3.05, 3.63) is 42.5 Å². The Hall–Kier alpha value is -1.42. The van der Waals surface area contributed by atoms with E-state index >= 15 is 0 Å². The average molecular weight is 209 g/mol. The van der Waals surface area contributed by atoms with E-state index in [-0.39, 0.29) is 0 Å². The van der Waals surface area contributed by atoms with Crippen LogP contribution in [0.1, 0.15) is 11.6 Å². The van der Waals surface area contributed by atoms with Crippen LogP contribution in [0.25, 0.3) is 0 Å². The molecule has 0 radical (unpaired) electrons. The minimum Gasteiger partial charge on any atom is -0.326 e. The van der Waals surface area contributed by atoms with E-state index in [1.165, 1.54) is 0 Å². The maximum absolute atomic E-state index is 5.72. The number of halogens is 1. The predicted octanol–water partition coefficient (Wildman–Crippen LogP) is 1.46. The highest BCUT2D eigenvalue weighted by atomic mass is 35.5. The zero-order valence-electron chi connectivity index (χ0n) is 7.47. The maximum atomic E-state index is 5.72. The van der Waals surface area contributed by atoms with Crippen molar-refractivity contribution in [3.63, 3.8) is 0 Å². The predicted molar refractivity (Wildman–Crippen MR) is 52.9 cm³/mol. The van der Waals surface area contributed by atoms with Crippen LogP contribution in [-0.2, 0) is 12.4 Å². The lowest BCUT2D eigenvalue weighted by Crippen LogP contribution is -2.05. The smallest absolute Gasteiger partial charge is 0.147 e. The summed E-state index contributed by atoms with van der Waals surface area (Å²) >= 11 is 5.72. The largest absolute Gasteiger partial charge is 0.326 e. The number of hydrogen-bond donors (Lipinski definition) is 0. The second-order valence-corrected chi connectivity index (χ2v) is 3.04. The molecule has 0 unspecified atom stereocenters. The van der Waals surface area contributed by atoms with Gasteiger partial charge in [0.15, 0.2) is 0 Å². The average Bonchev–Trinajstić information content (AvgIpc) is 2.67. The van der Waals surface area contributed by atoms with Crippen LogP contribution in [0.2, 0.25) is 0 Å². The molecule has 2 aromatic rings. The first-order valence-electron chi connectivity index (χ1n) is 4.22. The summed E-state index contributed by atoms with van der Waals surface area (Å²) in [6.07, 6.45) is 7.04. The highest BCUT2D eigenvalue weighted by Gasteiger charge is 2.02. The van der Waals surface area contributed by atoms with Crippen LogP contribution in [0.3, 0.4) is 0 Å². The van der Waals surface area contributed by atoms with Crippen molar-refractivity contribution in [1.29, 1.82) is 0 Å². The lowest BCUT2D eigenvalue weighted by molar-refractivity contribution is 0.712. The fraction of sp³-hybridized carbons (Fsp3) is 0.222. The molecule has 14 heavy (non-hydrogen) atoms. The van der Waals surface area contributed by atoms with Gasteiger partial charge in [0, 0.05) is 24.8 Å². The van der Waals surface area contributed by atoms with Crippen molar-refractivity contribution in [2.24, 2.45) is 0 Å². The van der Waals surface area contributed by atoms with Crippen LogP contribution in [0.5, 0.6) is 0 Å². The van der Waals surface area contributed by atoms with Crippen molar-refractivity contribution < 1.29 is 0 Å². The summed E-state index contributed by atoms with van der Waals surface area (Å²) in [7, 11) is 0. The van der Waals surface area contributed by atoms with Gasteiger partial charge in [0.25, 0.3) is 0 Å². The monoisotopic (exact) mass is 208 g/mol. The van der Waals surface area contributed by atoms with Gasteiger partial charge >= 0.3 is 0 Å². The van der Waals surface area contributed by atoms with Gasteiger partial charge in [-0.3, -0.25) is 0 Å². The van der Waals surface area contributed by atoms with Crippen LogP contribution in [0.4, 0.5) is 0 Å². The minimum atomic E-state index is 0.403. The van der Waals surface area contributed by atoms with Crippen molar-refractivity contribution >= 4 is 11.6 Å². The molecule has 0 saturated heterocycles. The zero-order chi connectivity index (χ0) is 9.80. The lowest BCUT2D eigenvalue weighted by atomic mass is 10.5. The number of alkyl halides is 1. The molecule has 0 fully saturated rings.